The van der Waals surface area contributed by atoms with Crippen molar-refractivity contribution in [3.63, 3.8) is 0 Å². The Hall–Kier alpha value is -1.60. The third kappa shape index (κ3) is 5.84. The van der Waals surface area contributed by atoms with Crippen LogP contribution in [0.1, 0.15) is 15.9 Å². The maximum atomic E-state index is 12.0. The Morgan fingerprint density at radius 1 is 1.04 bits per heavy atom. The molecule has 0 aromatic heterocycles. The van der Waals surface area contributed by atoms with Crippen LogP contribution in [0.3, 0.4) is 0 Å². The summed E-state index contributed by atoms with van der Waals surface area (Å²) in [4.78, 5) is 23.8. The van der Waals surface area contributed by atoms with Crippen LogP contribution < -0.4 is 10.6 Å². The Morgan fingerprint density at radius 2 is 1.83 bits per heavy atom. The highest BCUT2D eigenvalue weighted by atomic mass is 127. The summed E-state index contributed by atoms with van der Waals surface area (Å²) in [6.07, 6.45) is 0.691. The van der Waals surface area contributed by atoms with Crippen LogP contribution in [0.4, 0.5) is 0 Å². The van der Waals surface area contributed by atoms with Crippen LogP contribution in [-0.2, 0) is 11.2 Å². The molecule has 0 atom stereocenters. The highest BCUT2D eigenvalue weighted by Gasteiger charge is 2.10. The Bertz CT molecular complexity index is 706. The second kappa shape index (κ2) is 8.88. The van der Waals surface area contributed by atoms with E-state index in [1.165, 1.54) is 0 Å². The van der Waals surface area contributed by atoms with Gasteiger partial charge in [0.2, 0.25) is 5.91 Å². The predicted octanol–water partition coefficient (Wildman–Crippen LogP) is 3.03. The molecule has 0 saturated heterocycles. The van der Waals surface area contributed by atoms with Gasteiger partial charge in [-0.15, -0.1) is 0 Å². The minimum atomic E-state index is -0.250. The maximum absolute atomic E-state index is 12.0. The molecule has 0 bridgehead atoms. The number of carbonyl (C=O) groups is 2. The predicted molar refractivity (Wildman–Crippen MR) is 99.7 cm³/mol. The summed E-state index contributed by atoms with van der Waals surface area (Å²) in [5.74, 6) is -0.466. The average molecular weight is 443 g/mol. The fourth-order valence-electron chi connectivity index (χ4n) is 2.00. The second-order valence-corrected chi connectivity index (χ2v) is 6.49. The third-order valence-electron chi connectivity index (χ3n) is 3.15. The lowest BCUT2D eigenvalue weighted by molar-refractivity contribution is -0.120. The lowest BCUT2D eigenvalue weighted by Crippen LogP contribution is -2.37. The number of hydrogen-bond acceptors (Lipinski definition) is 2. The van der Waals surface area contributed by atoms with Crippen molar-refractivity contribution < 1.29 is 9.59 Å². The van der Waals surface area contributed by atoms with Crippen molar-refractivity contribution in [1.82, 2.24) is 10.6 Å². The molecule has 0 radical (unpaired) electrons. The van der Waals surface area contributed by atoms with Crippen molar-refractivity contribution in [2.45, 2.75) is 6.42 Å². The number of nitrogens with one attached hydrogen (secondary N) is 2. The summed E-state index contributed by atoms with van der Waals surface area (Å²) in [5.41, 5.74) is 1.63. The van der Waals surface area contributed by atoms with Crippen molar-refractivity contribution in [2.75, 3.05) is 13.1 Å². The quantitative estimate of drug-likeness (QED) is 0.676. The Morgan fingerprint density at radius 3 is 2.57 bits per heavy atom. The van der Waals surface area contributed by atoms with Crippen LogP contribution in [-0.4, -0.2) is 24.9 Å². The van der Waals surface area contributed by atoms with Gasteiger partial charge in [-0.3, -0.25) is 9.59 Å². The summed E-state index contributed by atoms with van der Waals surface area (Å²) < 4.78 is 0.851. The molecule has 6 heteroatoms. The minimum Gasteiger partial charge on any atom is -0.354 e. The minimum absolute atomic E-state index is 0.0423. The van der Waals surface area contributed by atoms with Crippen LogP contribution in [0.2, 0.25) is 5.02 Å². The fourth-order valence-corrected chi connectivity index (χ4v) is 2.85. The molecule has 23 heavy (non-hydrogen) atoms. The highest BCUT2D eigenvalue weighted by molar-refractivity contribution is 14.1. The molecule has 2 aromatic carbocycles. The molecule has 0 fully saturated rings. The molecule has 2 aromatic rings. The van der Waals surface area contributed by atoms with Gasteiger partial charge in [0.15, 0.2) is 0 Å². The van der Waals surface area contributed by atoms with E-state index in [4.69, 9.17) is 11.6 Å². The summed E-state index contributed by atoms with van der Waals surface area (Å²) in [6, 6.07) is 14.7. The standard InChI is InChI=1S/C17H16ClIN2O2/c18-13-5-3-4-12(10-13)8-9-20-16(22)11-21-17(23)14-6-1-2-7-15(14)19/h1-7,10H,8-9,11H2,(H,20,22)(H,21,23). The van der Waals surface area contributed by atoms with Gasteiger partial charge in [-0.25, -0.2) is 0 Å². The Kier molecular flexibility index (Phi) is 6.85. The van der Waals surface area contributed by atoms with Crippen LogP contribution in [0, 0.1) is 3.57 Å². The smallest absolute Gasteiger partial charge is 0.252 e. The van der Waals surface area contributed by atoms with Crippen molar-refractivity contribution in [2.24, 2.45) is 0 Å². The van der Waals surface area contributed by atoms with E-state index < -0.39 is 0 Å². The molecule has 0 heterocycles. The van der Waals surface area contributed by atoms with Gasteiger partial charge in [0.25, 0.3) is 5.91 Å². The SMILES string of the molecule is O=C(CNC(=O)c1ccccc1I)NCCc1cccc(Cl)c1. The van der Waals surface area contributed by atoms with Crippen LogP contribution in [0.15, 0.2) is 48.5 Å². The van der Waals surface area contributed by atoms with E-state index in [-0.39, 0.29) is 18.4 Å². The molecule has 2 amide bonds. The third-order valence-corrected chi connectivity index (χ3v) is 4.33. The summed E-state index contributed by atoms with van der Waals surface area (Å²) in [5, 5.41) is 6.07. The first-order chi connectivity index (χ1) is 11.1. The van der Waals surface area contributed by atoms with Crippen molar-refractivity contribution in [1.29, 1.82) is 0 Å². The van der Waals surface area contributed by atoms with Crippen LogP contribution in [0.5, 0.6) is 0 Å². The highest BCUT2D eigenvalue weighted by Crippen LogP contribution is 2.11. The Balaban J connectivity index is 1.73. The van der Waals surface area contributed by atoms with Crippen LogP contribution in [0.25, 0.3) is 0 Å². The summed E-state index contributed by atoms with van der Waals surface area (Å²) >= 11 is 8.00. The topological polar surface area (TPSA) is 58.2 Å². The van der Waals surface area contributed by atoms with E-state index in [0.717, 1.165) is 9.13 Å². The fraction of sp³-hybridized carbons (Fsp3) is 0.176. The largest absolute Gasteiger partial charge is 0.354 e. The normalized spacial score (nSPS) is 10.2. The van der Waals surface area contributed by atoms with Gasteiger partial charge in [-0.1, -0.05) is 35.9 Å². The molecule has 120 valence electrons. The molecule has 2 rings (SSSR count). The number of benzene rings is 2. The van der Waals surface area contributed by atoms with Gasteiger partial charge in [0, 0.05) is 15.1 Å². The van der Waals surface area contributed by atoms with Gasteiger partial charge in [-0.2, -0.15) is 0 Å². The van der Waals surface area contributed by atoms with Crippen molar-refractivity contribution in [3.8, 4) is 0 Å². The first-order valence-corrected chi connectivity index (χ1v) is 8.56. The zero-order chi connectivity index (χ0) is 16.7. The zero-order valence-corrected chi connectivity index (χ0v) is 15.2. The number of carbonyl (C=O) groups excluding carboxylic acids is 2. The first kappa shape index (κ1) is 17.7. The second-order valence-electron chi connectivity index (χ2n) is 4.89. The number of amides is 2. The van der Waals surface area contributed by atoms with E-state index in [0.29, 0.717) is 23.6 Å². The first-order valence-electron chi connectivity index (χ1n) is 7.10. The monoisotopic (exact) mass is 442 g/mol. The van der Waals surface area contributed by atoms with E-state index in [9.17, 15) is 9.59 Å². The Labute approximate surface area is 153 Å². The number of halogens is 2. The molecular weight excluding hydrogens is 427 g/mol. The van der Waals surface area contributed by atoms with E-state index >= 15 is 0 Å². The van der Waals surface area contributed by atoms with Gasteiger partial charge in [-0.05, 0) is 58.8 Å². The van der Waals surface area contributed by atoms with Gasteiger partial charge in [0.1, 0.15) is 0 Å². The molecule has 0 aliphatic heterocycles. The van der Waals surface area contributed by atoms with Gasteiger partial charge in [0.05, 0.1) is 12.1 Å². The number of hydrogen-bond donors (Lipinski definition) is 2. The average Bonchev–Trinajstić information content (AvgIpc) is 2.53. The molecule has 0 aliphatic carbocycles. The van der Waals surface area contributed by atoms with Crippen molar-refractivity contribution in [3.05, 3.63) is 68.3 Å². The maximum Gasteiger partial charge on any atom is 0.252 e. The van der Waals surface area contributed by atoms with Gasteiger partial charge >= 0.3 is 0 Å². The molecule has 0 saturated carbocycles. The van der Waals surface area contributed by atoms with E-state index in [1.54, 1.807) is 12.1 Å². The lowest BCUT2D eigenvalue weighted by Gasteiger charge is -2.08. The molecule has 0 spiro atoms. The lowest BCUT2D eigenvalue weighted by atomic mass is 10.1. The van der Waals surface area contributed by atoms with E-state index in [1.807, 2.05) is 36.4 Å². The molecule has 2 N–H and O–H groups in total. The molecular formula is C17H16ClIN2O2. The molecule has 4 nitrogen and oxygen atoms in total. The van der Waals surface area contributed by atoms with Gasteiger partial charge < -0.3 is 10.6 Å². The zero-order valence-electron chi connectivity index (χ0n) is 12.3. The summed E-state index contributed by atoms with van der Waals surface area (Å²) in [7, 11) is 0. The van der Waals surface area contributed by atoms with Crippen LogP contribution >= 0.6 is 34.2 Å². The molecule has 0 unspecified atom stereocenters. The summed E-state index contributed by atoms with van der Waals surface area (Å²) in [6.45, 7) is 0.456. The molecule has 0 aliphatic rings. The van der Waals surface area contributed by atoms with E-state index in [2.05, 4.69) is 33.2 Å². The number of rotatable bonds is 6. The van der Waals surface area contributed by atoms with Crippen molar-refractivity contribution >= 4 is 46.0 Å².